The fourth-order valence-corrected chi connectivity index (χ4v) is 4.52. The van der Waals surface area contributed by atoms with E-state index in [4.69, 9.17) is 0 Å². The van der Waals surface area contributed by atoms with Crippen molar-refractivity contribution in [1.29, 1.82) is 0 Å². The van der Waals surface area contributed by atoms with Gasteiger partial charge in [0.15, 0.2) is 5.96 Å². The van der Waals surface area contributed by atoms with E-state index >= 15 is 0 Å². The zero-order chi connectivity index (χ0) is 17.6. The summed E-state index contributed by atoms with van der Waals surface area (Å²) in [7, 11) is 3.57. The molecule has 6 heteroatoms. The zero-order valence-corrected chi connectivity index (χ0v) is 15.9. The maximum Gasteiger partial charge on any atom is 0.233 e. The average molecular weight is 350 g/mol. The van der Waals surface area contributed by atoms with Gasteiger partial charge in [-0.05, 0) is 31.1 Å². The van der Waals surface area contributed by atoms with E-state index in [1.54, 1.807) is 7.05 Å². The Balaban J connectivity index is 1.37. The van der Waals surface area contributed by atoms with Crippen LogP contribution in [-0.2, 0) is 4.79 Å². The minimum atomic E-state index is 0.103. The number of hydrogen-bond donors (Lipinski definition) is 3. The van der Waals surface area contributed by atoms with Crippen LogP contribution in [0, 0.1) is 11.8 Å². The van der Waals surface area contributed by atoms with Gasteiger partial charge in [0.1, 0.15) is 0 Å². The minimum absolute atomic E-state index is 0.103. The molecule has 2 atom stereocenters. The molecule has 1 saturated heterocycles. The largest absolute Gasteiger partial charge is 0.358 e. The van der Waals surface area contributed by atoms with Gasteiger partial charge >= 0.3 is 0 Å². The third kappa shape index (κ3) is 5.33. The fourth-order valence-electron chi connectivity index (χ4n) is 4.52. The Hall–Kier alpha value is -1.30. The Kier molecular flexibility index (Phi) is 6.57. The minimum Gasteiger partial charge on any atom is -0.358 e. The predicted octanol–water partition coefficient (Wildman–Crippen LogP) is 1.33. The van der Waals surface area contributed by atoms with E-state index in [0.717, 1.165) is 43.7 Å². The van der Waals surface area contributed by atoms with Crippen LogP contribution < -0.4 is 16.0 Å². The van der Waals surface area contributed by atoms with Crippen molar-refractivity contribution in [2.24, 2.45) is 16.8 Å². The number of carbonyl (C=O) groups is 1. The van der Waals surface area contributed by atoms with Crippen molar-refractivity contribution < 1.29 is 4.79 Å². The SMILES string of the molecule is CN=C(NC1CCN(CC(=O)NC)CC1)NC1CC1C1CCCCC1. The fraction of sp³-hybridized carbons (Fsp3) is 0.895. The summed E-state index contributed by atoms with van der Waals surface area (Å²) in [6.45, 7) is 2.45. The number of carbonyl (C=O) groups excluding carboxylic acids is 1. The summed E-state index contributed by atoms with van der Waals surface area (Å²) in [5.74, 6) is 2.88. The highest BCUT2D eigenvalue weighted by Crippen LogP contribution is 2.44. The third-order valence-electron chi connectivity index (χ3n) is 6.22. The molecule has 0 bridgehead atoms. The number of hydrogen-bond acceptors (Lipinski definition) is 3. The van der Waals surface area contributed by atoms with E-state index in [-0.39, 0.29) is 5.91 Å². The normalized spacial score (nSPS) is 29.3. The molecule has 142 valence electrons. The summed E-state index contributed by atoms with van der Waals surface area (Å²) < 4.78 is 0. The molecular weight excluding hydrogens is 314 g/mol. The van der Waals surface area contributed by atoms with E-state index in [0.29, 0.717) is 18.6 Å². The summed E-state index contributed by atoms with van der Waals surface area (Å²) in [6, 6.07) is 1.08. The molecule has 1 aliphatic heterocycles. The molecule has 0 aromatic heterocycles. The van der Waals surface area contributed by atoms with E-state index in [1.165, 1.54) is 38.5 Å². The summed E-state index contributed by atoms with van der Waals surface area (Å²) >= 11 is 0. The zero-order valence-electron chi connectivity index (χ0n) is 15.9. The molecule has 2 unspecified atom stereocenters. The van der Waals surface area contributed by atoms with Crippen molar-refractivity contribution in [1.82, 2.24) is 20.9 Å². The lowest BCUT2D eigenvalue weighted by Crippen LogP contribution is -2.50. The quantitative estimate of drug-likeness (QED) is 0.517. The number of likely N-dealkylation sites (N-methyl/N-ethyl adjacent to an activating group) is 1. The van der Waals surface area contributed by atoms with E-state index in [9.17, 15) is 4.79 Å². The van der Waals surface area contributed by atoms with Crippen molar-refractivity contribution >= 4 is 11.9 Å². The monoisotopic (exact) mass is 349 g/mol. The van der Waals surface area contributed by atoms with Crippen molar-refractivity contribution in [3.63, 3.8) is 0 Å². The Bertz CT molecular complexity index is 466. The van der Waals surface area contributed by atoms with Crippen LogP contribution in [0.3, 0.4) is 0 Å². The molecule has 2 aliphatic carbocycles. The molecule has 3 fully saturated rings. The number of rotatable bonds is 5. The highest BCUT2D eigenvalue weighted by Gasteiger charge is 2.43. The Morgan fingerprint density at radius 2 is 1.80 bits per heavy atom. The lowest BCUT2D eigenvalue weighted by atomic mass is 9.85. The first kappa shape index (κ1) is 18.5. The summed E-state index contributed by atoms with van der Waals surface area (Å²) in [5, 5.41) is 9.95. The second-order valence-electron chi connectivity index (χ2n) is 7.99. The molecule has 1 amide bonds. The topological polar surface area (TPSA) is 68.8 Å². The molecule has 25 heavy (non-hydrogen) atoms. The number of guanidine groups is 1. The van der Waals surface area contributed by atoms with Crippen molar-refractivity contribution in [3.8, 4) is 0 Å². The molecule has 0 spiro atoms. The molecule has 6 nitrogen and oxygen atoms in total. The first-order valence-corrected chi connectivity index (χ1v) is 10.1. The van der Waals surface area contributed by atoms with Gasteiger partial charge in [-0.2, -0.15) is 0 Å². The highest BCUT2D eigenvalue weighted by atomic mass is 16.1. The number of likely N-dealkylation sites (tertiary alicyclic amines) is 1. The van der Waals surface area contributed by atoms with Gasteiger partial charge in [0.2, 0.25) is 5.91 Å². The maximum absolute atomic E-state index is 11.5. The van der Waals surface area contributed by atoms with Crippen LogP contribution in [-0.4, -0.2) is 62.6 Å². The van der Waals surface area contributed by atoms with Gasteiger partial charge in [0.25, 0.3) is 0 Å². The molecule has 0 radical (unpaired) electrons. The standard InChI is InChI=1S/C19H35N5O/c1-20-18(25)13-24-10-8-15(9-11-24)22-19(21-2)23-17-12-16(17)14-6-4-3-5-7-14/h14-17H,3-13H2,1-2H3,(H,20,25)(H2,21,22,23). The molecule has 0 aromatic rings. The first-order valence-electron chi connectivity index (χ1n) is 10.1. The van der Waals surface area contributed by atoms with Crippen LogP contribution in [0.5, 0.6) is 0 Å². The van der Waals surface area contributed by atoms with E-state index in [1.807, 2.05) is 7.05 Å². The summed E-state index contributed by atoms with van der Waals surface area (Å²) in [4.78, 5) is 18.1. The lowest BCUT2D eigenvalue weighted by molar-refractivity contribution is -0.122. The van der Waals surface area contributed by atoms with Gasteiger partial charge in [-0.15, -0.1) is 0 Å². The molecular formula is C19H35N5O. The van der Waals surface area contributed by atoms with Gasteiger partial charge < -0.3 is 16.0 Å². The highest BCUT2D eigenvalue weighted by molar-refractivity contribution is 5.80. The molecule has 0 aromatic carbocycles. The van der Waals surface area contributed by atoms with Crippen LogP contribution in [0.1, 0.15) is 51.4 Å². The second-order valence-corrected chi connectivity index (χ2v) is 7.99. The number of amides is 1. The van der Waals surface area contributed by atoms with Crippen molar-refractivity contribution in [2.75, 3.05) is 33.7 Å². The summed E-state index contributed by atoms with van der Waals surface area (Å²) in [5.41, 5.74) is 0. The number of nitrogens with zero attached hydrogens (tertiary/aromatic N) is 2. The molecule has 3 rings (SSSR count). The second kappa shape index (κ2) is 8.88. The van der Waals surface area contributed by atoms with Crippen molar-refractivity contribution in [2.45, 2.75) is 63.5 Å². The van der Waals surface area contributed by atoms with Crippen LogP contribution in [0.2, 0.25) is 0 Å². The first-order chi connectivity index (χ1) is 12.2. The third-order valence-corrected chi connectivity index (χ3v) is 6.22. The van der Waals surface area contributed by atoms with Crippen LogP contribution in [0.4, 0.5) is 0 Å². The Morgan fingerprint density at radius 3 is 2.44 bits per heavy atom. The van der Waals surface area contributed by atoms with E-state index < -0.39 is 0 Å². The number of nitrogens with one attached hydrogen (secondary N) is 3. The average Bonchev–Trinajstić information content (AvgIpc) is 3.42. The maximum atomic E-state index is 11.5. The molecule has 3 aliphatic rings. The number of aliphatic imine (C=N–C) groups is 1. The molecule has 2 saturated carbocycles. The Labute approximate surface area is 152 Å². The van der Waals surface area contributed by atoms with Crippen LogP contribution >= 0.6 is 0 Å². The van der Waals surface area contributed by atoms with Gasteiger partial charge in [-0.25, -0.2) is 0 Å². The molecule has 3 N–H and O–H groups in total. The smallest absolute Gasteiger partial charge is 0.233 e. The Morgan fingerprint density at radius 1 is 1.08 bits per heavy atom. The van der Waals surface area contributed by atoms with Gasteiger partial charge in [-0.1, -0.05) is 32.1 Å². The van der Waals surface area contributed by atoms with Crippen LogP contribution in [0.25, 0.3) is 0 Å². The van der Waals surface area contributed by atoms with Gasteiger partial charge in [0, 0.05) is 39.3 Å². The van der Waals surface area contributed by atoms with Gasteiger partial charge in [-0.3, -0.25) is 14.7 Å². The van der Waals surface area contributed by atoms with Gasteiger partial charge in [0.05, 0.1) is 6.54 Å². The summed E-state index contributed by atoms with van der Waals surface area (Å²) in [6.07, 6.45) is 10.6. The van der Waals surface area contributed by atoms with E-state index in [2.05, 4.69) is 25.8 Å². The predicted molar refractivity (Wildman–Crippen MR) is 102 cm³/mol. The lowest BCUT2D eigenvalue weighted by Gasteiger charge is -2.32. The van der Waals surface area contributed by atoms with Crippen molar-refractivity contribution in [3.05, 3.63) is 0 Å². The van der Waals surface area contributed by atoms with Crippen LogP contribution in [0.15, 0.2) is 4.99 Å². The number of piperidine rings is 1. The molecule has 1 heterocycles.